The van der Waals surface area contributed by atoms with E-state index in [9.17, 15) is 0 Å². The maximum atomic E-state index is 5.41. The highest BCUT2D eigenvalue weighted by Crippen LogP contribution is 2.17. The van der Waals surface area contributed by atoms with Gasteiger partial charge < -0.3 is 5.32 Å². The molecular weight excluding hydrogens is 158 g/mol. The summed E-state index contributed by atoms with van der Waals surface area (Å²) in [6, 6.07) is 6.35. The molecule has 1 atom stereocenters. The second-order valence-corrected chi connectivity index (χ2v) is 3.25. The lowest BCUT2D eigenvalue weighted by atomic mass is 10.00. The Kier molecular flexibility index (Phi) is 3.11. The molecule has 0 heterocycles. The van der Waals surface area contributed by atoms with Crippen LogP contribution in [-0.4, -0.2) is 7.05 Å². The first kappa shape index (κ1) is 9.83. The summed E-state index contributed by atoms with van der Waals surface area (Å²) >= 11 is 0. The normalized spacial score (nSPS) is 12.2. The summed E-state index contributed by atoms with van der Waals surface area (Å²) in [6.45, 7) is 4.17. The molecule has 0 radical (unpaired) electrons. The molecule has 0 saturated heterocycles. The Hall–Kier alpha value is -1.26. The predicted octanol–water partition coefficient (Wildman–Crippen LogP) is 2.20. The number of aryl methyl sites for hydroxylation is 2. The Morgan fingerprint density at radius 3 is 2.54 bits per heavy atom. The Morgan fingerprint density at radius 2 is 2.08 bits per heavy atom. The van der Waals surface area contributed by atoms with Crippen molar-refractivity contribution in [3.8, 4) is 12.3 Å². The number of hydrogen-bond donors (Lipinski definition) is 1. The van der Waals surface area contributed by atoms with Crippen LogP contribution in [0.5, 0.6) is 0 Å². The summed E-state index contributed by atoms with van der Waals surface area (Å²) in [5, 5.41) is 3.09. The van der Waals surface area contributed by atoms with E-state index in [1.54, 1.807) is 0 Å². The summed E-state index contributed by atoms with van der Waals surface area (Å²) in [6.07, 6.45) is 5.41. The average Bonchev–Trinajstić information content (AvgIpc) is 2.10. The molecule has 0 aliphatic carbocycles. The van der Waals surface area contributed by atoms with E-state index in [0.29, 0.717) is 0 Å². The molecule has 0 saturated carbocycles. The van der Waals surface area contributed by atoms with E-state index in [1.807, 2.05) is 7.05 Å². The standard InChI is InChI=1S/C12H15N/c1-5-12(13-4)11-7-6-9(2)8-10(11)3/h1,6-8,12-13H,2-4H3. The van der Waals surface area contributed by atoms with Gasteiger partial charge in [0.05, 0.1) is 6.04 Å². The van der Waals surface area contributed by atoms with Crippen molar-refractivity contribution in [3.05, 3.63) is 34.9 Å². The van der Waals surface area contributed by atoms with Crippen LogP contribution in [0.4, 0.5) is 0 Å². The topological polar surface area (TPSA) is 12.0 Å². The third-order valence-corrected chi connectivity index (χ3v) is 2.19. The zero-order valence-electron chi connectivity index (χ0n) is 8.39. The number of rotatable bonds is 2. The largest absolute Gasteiger partial charge is 0.303 e. The van der Waals surface area contributed by atoms with Gasteiger partial charge in [-0.05, 0) is 32.0 Å². The number of benzene rings is 1. The Morgan fingerprint density at radius 1 is 1.38 bits per heavy atom. The van der Waals surface area contributed by atoms with Crippen molar-refractivity contribution in [2.75, 3.05) is 7.05 Å². The van der Waals surface area contributed by atoms with Crippen LogP contribution in [0.25, 0.3) is 0 Å². The minimum absolute atomic E-state index is 0.0283. The third kappa shape index (κ3) is 2.11. The lowest BCUT2D eigenvalue weighted by Gasteiger charge is -2.13. The molecule has 0 bridgehead atoms. The van der Waals surface area contributed by atoms with Gasteiger partial charge in [0.25, 0.3) is 0 Å². The molecule has 1 aromatic carbocycles. The zero-order valence-corrected chi connectivity index (χ0v) is 8.39. The second-order valence-electron chi connectivity index (χ2n) is 3.25. The van der Waals surface area contributed by atoms with Crippen molar-refractivity contribution in [2.45, 2.75) is 19.9 Å². The van der Waals surface area contributed by atoms with Gasteiger partial charge in [-0.2, -0.15) is 0 Å². The predicted molar refractivity (Wildman–Crippen MR) is 56.5 cm³/mol. The van der Waals surface area contributed by atoms with Crippen LogP contribution in [0, 0.1) is 26.2 Å². The molecule has 1 aromatic rings. The van der Waals surface area contributed by atoms with Gasteiger partial charge in [0, 0.05) is 0 Å². The van der Waals surface area contributed by atoms with Crippen molar-refractivity contribution in [3.63, 3.8) is 0 Å². The highest BCUT2D eigenvalue weighted by Gasteiger charge is 2.07. The van der Waals surface area contributed by atoms with E-state index in [0.717, 1.165) is 0 Å². The molecule has 0 fully saturated rings. The van der Waals surface area contributed by atoms with E-state index in [2.05, 4.69) is 43.3 Å². The lowest BCUT2D eigenvalue weighted by molar-refractivity contribution is 0.731. The minimum atomic E-state index is 0.0283. The molecule has 1 N–H and O–H groups in total. The van der Waals surface area contributed by atoms with Crippen molar-refractivity contribution in [1.82, 2.24) is 5.32 Å². The summed E-state index contributed by atoms with van der Waals surface area (Å²) in [4.78, 5) is 0. The van der Waals surface area contributed by atoms with Crippen LogP contribution in [0.3, 0.4) is 0 Å². The molecule has 68 valence electrons. The van der Waals surface area contributed by atoms with E-state index in [4.69, 9.17) is 6.42 Å². The van der Waals surface area contributed by atoms with Gasteiger partial charge in [0.2, 0.25) is 0 Å². The van der Waals surface area contributed by atoms with Crippen molar-refractivity contribution >= 4 is 0 Å². The summed E-state index contributed by atoms with van der Waals surface area (Å²) in [7, 11) is 1.88. The minimum Gasteiger partial charge on any atom is -0.303 e. The lowest BCUT2D eigenvalue weighted by Crippen LogP contribution is -2.15. The van der Waals surface area contributed by atoms with Gasteiger partial charge in [-0.1, -0.05) is 29.7 Å². The van der Waals surface area contributed by atoms with Gasteiger partial charge in [0.1, 0.15) is 0 Å². The number of hydrogen-bond acceptors (Lipinski definition) is 1. The third-order valence-electron chi connectivity index (χ3n) is 2.19. The first-order chi connectivity index (χ1) is 6.19. The SMILES string of the molecule is C#CC(NC)c1ccc(C)cc1C. The Balaban J connectivity index is 3.09. The van der Waals surface area contributed by atoms with Gasteiger partial charge in [0.15, 0.2) is 0 Å². The Bertz CT molecular complexity index is 333. The van der Waals surface area contributed by atoms with Crippen molar-refractivity contribution in [1.29, 1.82) is 0 Å². The maximum absolute atomic E-state index is 5.41. The monoisotopic (exact) mass is 173 g/mol. The molecule has 1 heteroatoms. The molecule has 1 unspecified atom stereocenters. The first-order valence-corrected chi connectivity index (χ1v) is 4.39. The highest BCUT2D eigenvalue weighted by atomic mass is 14.9. The second kappa shape index (κ2) is 4.11. The van der Waals surface area contributed by atoms with Crippen LogP contribution in [0.15, 0.2) is 18.2 Å². The number of nitrogens with one attached hydrogen (secondary N) is 1. The van der Waals surface area contributed by atoms with Crippen LogP contribution < -0.4 is 5.32 Å². The molecule has 0 aromatic heterocycles. The van der Waals surface area contributed by atoms with Crippen LogP contribution >= 0.6 is 0 Å². The maximum Gasteiger partial charge on any atom is 0.0943 e. The summed E-state index contributed by atoms with van der Waals surface area (Å²) < 4.78 is 0. The molecule has 0 aliphatic heterocycles. The van der Waals surface area contributed by atoms with Gasteiger partial charge in [-0.25, -0.2) is 0 Å². The van der Waals surface area contributed by atoms with E-state index >= 15 is 0 Å². The van der Waals surface area contributed by atoms with E-state index in [1.165, 1.54) is 16.7 Å². The van der Waals surface area contributed by atoms with E-state index < -0.39 is 0 Å². The van der Waals surface area contributed by atoms with Crippen molar-refractivity contribution in [2.24, 2.45) is 0 Å². The fraction of sp³-hybridized carbons (Fsp3) is 0.333. The summed E-state index contributed by atoms with van der Waals surface area (Å²) in [5.74, 6) is 2.72. The molecule has 0 spiro atoms. The molecule has 13 heavy (non-hydrogen) atoms. The molecule has 1 rings (SSSR count). The first-order valence-electron chi connectivity index (χ1n) is 4.39. The van der Waals surface area contributed by atoms with Gasteiger partial charge in [-0.3, -0.25) is 0 Å². The molecule has 1 nitrogen and oxygen atoms in total. The average molecular weight is 173 g/mol. The molecule has 0 amide bonds. The van der Waals surface area contributed by atoms with Crippen LogP contribution in [0.2, 0.25) is 0 Å². The Labute approximate surface area is 80.2 Å². The number of terminal acetylenes is 1. The fourth-order valence-corrected chi connectivity index (χ4v) is 1.48. The smallest absolute Gasteiger partial charge is 0.0943 e. The van der Waals surface area contributed by atoms with Gasteiger partial charge >= 0.3 is 0 Å². The highest BCUT2D eigenvalue weighted by molar-refractivity contribution is 5.36. The van der Waals surface area contributed by atoms with Crippen LogP contribution in [0.1, 0.15) is 22.7 Å². The summed E-state index contributed by atoms with van der Waals surface area (Å²) in [5.41, 5.74) is 3.71. The van der Waals surface area contributed by atoms with Crippen molar-refractivity contribution < 1.29 is 0 Å². The van der Waals surface area contributed by atoms with E-state index in [-0.39, 0.29) is 6.04 Å². The molecular formula is C12H15N. The fourth-order valence-electron chi connectivity index (χ4n) is 1.48. The zero-order chi connectivity index (χ0) is 9.84. The quantitative estimate of drug-likeness (QED) is 0.676. The van der Waals surface area contributed by atoms with Gasteiger partial charge in [-0.15, -0.1) is 6.42 Å². The molecule has 0 aliphatic rings. The van der Waals surface area contributed by atoms with Crippen LogP contribution in [-0.2, 0) is 0 Å².